The van der Waals surface area contributed by atoms with Gasteiger partial charge in [0.05, 0.1) is 0 Å². The summed E-state index contributed by atoms with van der Waals surface area (Å²) in [6, 6.07) is 6.17. The zero-order valence-corrected chi connectivity index (χ0v) is 8.68. The van der Waals surface area contributed by atoms with Crippen LogP contribution in [0.3, 0.4) is 0 Å². The Kier molecular flexibility index (Phi) is 2.03. The quantitative estimate of drug-likeness (QED) is 0.609. The fourth-order valence-electron chi connectivity index (χ4n) is 1.37. The third-order valence-corrected chi connectivity index (χ3v) is 4.24. The summed E-state index contributed by atoms with van der Waals surface area (Å²) in [6.07, 6.45) is 0.760. The number of rotatable bonds is 0. The Bertz CT molecular complexity index is 331. The first-order valence-electron chi connectivity index (χ1n) is 4.04. The molecule has 1 aromatic rings. The number of carbonyl (C=O) groups is 1. The molecule has 1 nitrogen and oxygen atoms in total. The normalized spacial score (nSPS) is 15.9. The second-order valence-electron chi connectivity index (χ2n) is 3.02. The van der Waals surface area contributed by atoms with Gasteiger partial charge in [-0.05, 0) is 0 Å². The third-order valence-electron chi connectivity index (χ3n) is 2.02. The van der Waals surface area contributed by atoms with Crippen LogP contribution in [0.25, 0.3) is 0 Å². The minimum absolute atomic E-state index is 0.332. The van der Waals surface area contributed by atoms with Crippen LogP contribution in [0.5, 0.6) is 0 Å². The summed E-state index contributed by atoms with van der Waals surface area (Å²) in [5, 5.41) is 1.09. The number of hydrogen-bond acceptors (Lipinski definition) is 1. The van der Waals surface area contributed by atoms with Crippen molar-refractivity contribution in [2.45, 2.75) is 18.7 Å². The second-order valence-corrected chi connectivity index (χ2v) is 5.41. The molecule has 0 aromatic heterocycles. The average Bonchev–Trinajstić information content (AvgIpc) is 2.04. The van der Waals surface area contributed by atoms with Gasteiger partial charge in [-0.1, -0.05) is 0 Å². The van der Waals surface area contributed by atoms with Gasteiger partial charge in [-0.15, -0.1) is 0 Å². The van der Waals surface area contributed by atoms with Crippen LogP contribution in [0.15, 0.2) is 18.2 Å². The van der Waals surface area contributed by atoms with E-state index in [2.05, 4.69) is 13.0 Å². The predicted octanol–water partition coefficient (Wildman–Crippen LogP) is 1.33. The molecule has 1 heterocycles. The van der Waals surface area contributed by atoms with Crippen LogP contribution in [0.2, 0.25) is 5.32 Å². The number of Topliss-reactive ketones (excluding diaryl/α,β-unsaturated/α-hetero) is 1. The van der Waals surface area contributed by atoms with Gasteiger partial charge in [-0.3, -0.25) is 0 Å². The molecule has 2 rings (SSSR count). The van der Waals surface area contributed by atoms with E-state index in [-0.39, 0.29) is 0 Å². The van der Waals surface area contributed by atoms with E-state index in [9.17, 15) is 4.79 Å². The SMILES string of the molecule is Cc1ccc2c(c1)[Se]CCC2=O. The number of benzene rings is 1. The molecule has 0 bridgehead atoms. The standard InChI is InChI=1S/C10H10OSe/c1-7-2-3-8-9(11)4-5-12-10(8)6-7/h2-3,6H,4-5H2,1H3. The van der Waals surface area contributed by atoms with Crippen LogP contribution in [0.1, 0.15) is 22.3 Å². The Balaban J connectivity index is 2.53. The Morgan fingerprint density at radius 1 is 1.42 bits per heavy atom. The number of fused-ring (bicyclic) bond motifs is 1. The Labute approximate surface area is 78.3 Å². The van der Waals surface area contributed by atoms with Gasteiger partial charge in [0, 0.05) is 0 Å². The summed E-state index contributed by atoms with van der Waals surface area (Å²) in [7, 11) is 0. The number of carbonyl (C=O) groups excluding carboxylic acids is 1. The van der Waals surface area contributed by atoms with Gasteiger partial charge < -0.3 is 0 Å². The molecule has 0 radical (unpaired) electrons. The van der Waals surface area contributed by atoms with E-state index in [1.165, 1.54) is 10.0 Å². The van der Waals surface area contributed by atoms with Crippen molar-refractivity contribution in [1.29, 1.82) is 0 Å². The maximum atomic E-state index is 11.4. The molecule has 0 N–H and O–H groups in total. The average molecular weight is 225 g/mol. The van der Waals surface area contributed by atoms with E-state index in [0.717, 1.165) is 17.3 Å². The van der Waals surface area contributed by atoms with Crippen molar-refractivity contribution in [3.05, 3.63) is 29.3 Å². The van der Waals surface area contributed by atoms with E-state index in [1.807, 2.05) is 12.1 Å². The molecule has 0 saturated heterocycles. The zero-order valence-electron chi connectivity index (χ0n) is 6.96. The van der Waals surface area contributed by atoms with E-state index < -0.39 is 0 Å². The molecule has 0 amide bonds. The van der Waals surface area contributed by atoms with Gasteiger partial charge in [-0.2, -0.15) is 0 Å². The molecule has 0 unspecified atom stereocenters. The first-order chi connectivity index (χ1) is 5.77. The summed E-state index contributed by atoms with van der Waals surface area (Å²) < 4.78 is 1.30. The molecule has 62 valence electrons. The topological polar surface area (TPSA) is 17.1 Å². The number of aryl methyl sites for hydroxylation is 1. The monoisotopic (exact) mass is 226 g/mol. The predicted molar refractivity (Wildman–Crippen MR) is 50.3 cm³/mol. The second kappa shape index (κ2) is 3.04. The van der Waals surface area contributed by atoms with Crippen molar-refractivity contribution < 1.29 is 4.79 Å². The minimum atomic E-state index is 0.332. The van der Waals surface area contributed by atoms with Crippen molar-refractivity contribution in [3.8, 4) is 0 Å². The van der Waals surface area contributed by atoms with Crippen LogP contribution < -0.4 is 4.46 Å². The number of hydrogen-bond donors (Lipinski definition) is 0. The maximum absolute atomic E-state index is 11.4. The van der Waals surface area contributed by atoms with Crippen LogP contribution in [-0.2, 0) is 0 Å². The van der Waals surface area contributed by atoms with Gasteiger partial charge >= 0.3 is 78.0 Å². The molecule has 0 saturated carbocycles. The fraction of sp³-hybridized carbons (Fsp3) is 0.300. The molecular formula is C10H10OSe. The van der Waals surface area contributed by atoms with Crippen LogP contribution in [0.4, 0.5) is 0 Å². The third kappa shape index (κ3) is 1.33. The zero-order chi connectivity index (χ0) is 8.55. The molecule has 2 heteroatoms. The van der Waals surface area contributed by atoms with Crippen molar-refractivity contribution in [1.82, 2.24) is 0 Å². The molecule has 12 heavy (non-hydrogen) atoms. The van der Waals surface area contributed by atoms with E-state index in [0.29, 0.717) is 20.7 Å². The summed E-state index contributed by atoms with van der Waals surface area (Å²) >= 11 is 0.537. The molecule has 1 aromatic carbocycles. The molecule has 0 spiro atoms. The van der Waals surface area contributed by atoms with Crippen molar-refractivity contribution in [3.63, 3.8) is 0 Å². The van der Waals surface area contributed by atoms with Crippen LogP contribution in [-0.4, -0.2) is 20.7 Å². The van der Waals surface area contributed by atoms with Gasteiger partial charge in [0.2, 0.25) is 0 Å². The Hall–Kier alpha value is -0.591. The fourth-order valence-corrected chi connectivity index (χ4v) is 3.70. The van der Waals surface area contributed by atoms with E-state index in [1.54, 1.807) is 0 Å². The van der Waals surface area contributed by atoms with Crippen molar-refractivity contribution >= 4 is 25.2 Å². The van der Waals surface area contributed by atoms with E-state index >= 15 is 0 Å². The summed E-state index contributed by atoms with van der Waals surface area (Å²) in [6.45, 7) is 2.08. The van der Waals surface area contributed by atoms with Crippen molar-refractivity contribution in [2.75, 3.05) is 0 Å². The van der Waals surface area contributed by atoms with Crippen LogP contribution >= 0.6 is 0 Å². The first kappa shape index (κ1) is 8.03. The summed E-state index contributed by atoms with van der Waals surface area (Å²) in [5.41, 5.74) is 2.25. The Morgan fingerprint density at radius 3 is 3.08 bits per heavy atom. The number of ketones is 1. The Morgan fingerprint density at radius 2 is 2.25 bits per heavy atom. The molecular weight excluding hydrogens is 215 g/mol. The van der Waals surface area contributed by atoms with Crippen molar-refractivity contribution in [2.24, 2.45) is 0 Å². The molecule has 1 aliphatic rings. The van der Waals surface area contributed by atoms with Gasteiger partial charge in [0.15, 0.2) is 0 Å². The van der Waals surface area contributed by atoms with Gasteiger partial charge in [0.25, 0.3) is 0 Å². The first-order valence-corrected chi connectivity index (χ1v) is 6.11. The van der Waals surface area contributed by atoms with Gasteiger partial charge in [0.1, 0.15) is 0 Å². The summed E-state index contributed by atoms with van der Waals surface area (Å²) in [5.74, 6) is 0.332. The van der Waals surface area contributed by atoms with E-state index in [4.69, 9.17) is 0 Å². The summed E-state index contributed by atoms with van der Waals surface area (Å²) in [4.78, 5) is 11.4. The van der Waals surface area contributed by atoms with Gasteiger partial charge in [-0.25, -0.2) is 0 Å². The molecule has 0 aliphatic carbocycles. The van der Waals surface area contributed by atoms with Crippen LogP contribution in [0, 0.1) is 6.92 Å². The molecule has 0 fully saturated rings. The molecule has 0 atom stereocenters. The molecule has 1 aliphatic heterocycles.